The van der Waals surface area contributed by atoms with Crippen LogP contribution in [-0.2, 0) is 10.0 Å². The maximum atomic E-state index is 13.0. The fraction of sp³-hybridized carbons (Fsp3) is 0.350. The number of carbonyl (C=O) groups is 1. The topological polar surface area (TPSA) is 96.6 Å². The summed E-state index contributed by atoms with van der Waals surface area (Å²) in [6.07, 6.45) is 3.04. The lowest BCUT2D eigenvalue weighted by atomic mass is 10.1. The van der Waals surface area contributed by atoms with Crippen molar-refractivity contribution in [3.8, 4) is 11.5 Å². The van der Waals surface area contributed by atoms with Gasteiger partial charge in [-0.3, -0.25) is 9.10 Å². The molecule has 3 heterocycles. The number of aromatic nitrogens is 2. The van der Waals surface area contributed by atoms with E-state index >= 15 is 0 Å². The van der Waals surface area contributed by atoms with Gasteiger partial charge in [0.15, 0.2) is 0 Å². The molecule has 1 aliphatic heterocycles. The molecule has 0 atom stereocenters. The second-order valence-corrected chi connectivity index (χ2v) is 10.3. The van der Waals surface area contributed by atoms with Crippen LogP contribution in [0.25, 0.3) is 11.5 Å². The summed E-state index contributed by atoms with van der Waals surface area (Å²) in [6, 6.07) is 8.74. The van der Waals surface area contributed by atoms with E-state index in [1.807, 2.05) is 19.1 Å². The molecule has 8 nitrogen and oxygen atoms in total. The van der Waals surface area contributed by atoms with E-state index in [0.717, 1.165) is 36.2 Å². The number of rotatable bonds is 5. The molecule has 158 valence electrons. The van der Waals surface area contributed by atoms with Gasteiger partial charge in [0.25, 0.3) is 10.0 Å². The Labute approximate surface area is 179 Å². The van der Waals surface area contributed by atoms with Crippen molar-refractivity contribution >= 4 is 33.0 Å². The van der Waals surface area contributed by atoms with Crippen LogP contribution in [0.15, 0.2) is 44.3 Å². The molecule has 4 rings (SSSR count). The minimum Gasteiger partial charge on any atom is -0.412 e. The smallest absolute Gasteiger partial charge is 0.311 e. The molecular weight excluding hydrogens is 424 g/mol. The standard InChI is InChI=1S/C20H22N4O4S2/c1-14-6-8-16(9-7-14)23(2)30(26,27)17-12-15(13-29-17)18-21-22-19(28-18)20(25)24-10-4-3-5-11-24/h6-9,12-13H,3-5,10-11H2,1-2H3. The summed E-state index contributed by atoms with van der Waals surface area (Å²) < 4.78 is 32.9. The summed E-state index contributed by atoms with van der Waals surface area (Å²) in [4.78, 5) is 14.2. The largest absolute Gasteiger partial charge is 0.412 e. The lowest BCUT2D eigenvalue weighted by Gasteiger charge is -2.24. The predicted octanol–water partition coefficient (Wildman–Crippen LogP) is 3.56. The number of piperidine rings is 1. The SMILES string of the molecule is Cc1ccc(N(C)S(=O)(=O)c2cc(-c3nnc(C(=O)N4CCCCC4)o3)cs2)cc1. The van der Waals surface area contributed by atoms with Crippen LogP contribution in [-0.4, -0.2) is 49.6 Å². The third-order valence-corrected chi connectivity index (χ3v) is 8.29. The minimum absolute atomic E-state index is 0.0701. The summed E-state index contributed by atoms with van der Waals surface area (Å²) in [6.45, 7) is 3.31. The molecule has 0 spiro atoms. The number of carbonyl (C=O) groups excluding carboxylic acids is 1. The van der Waals surface area contributed by atoms with Gasteiger partial charge in [0, 0.05) is 25.5 Å². The Hall–Kier alpha value is -2.72. The van der Waals surface area contributed by atoms with Gasteiger partial charge in [-0.2, -0.15) is 0 Å². The van der Waals surface area contributed by atoms with Crippen LogP contribution < -0.4 is 4.31 Å². The Morgan fingerprint density at radius 1 is 1.13 bits per heavy atom. The molecule has 0 N–H and O–H groups in total. The van der Waals surface area contributed by atoms with Gasteiger partial charge in [-0.05, 0) is 44.4 Å². The molecule has 0 aliphatic carbocycles. The van der Waals surface area contributed by atoms with Crippen LogP contribution in [0, 0.1) is 6.92 Å². The Balaban J connectivity index is 1.54. The normalized spacial score (nSPS) is 14.7. The van der Waals surface area contributed by atoms with E-state index in [4.69, 9.17) is 4.42 Å². The molecule has 2 aromatic heterocycles. The van der Waals surface area contributed by atoms with E-state index in [1.165, 1.54) is 17.4 Å². The van der Waals surface area contributed by atoms with Gasteiger partial charge in [0.2, 0.25) is 5.89 Å². The molecule has 0 saturated carbocycles. The number of hydrogen-bond donors (Lipinski definition) is 0. The lowest BCUT2D eigenvalue weighted by Crippen LogP contribution is -2.35. The van der Waals surface area contributed by atoms with Crippen molar-refractivity contribution in [1.29, 1.82) is 0 Å². The molecule has 0 unspecified atom stereocenters. The molecule has 0 radical (unpaired) electrons. The number of aryl methyl sites for hydroxylation is 1. The summed E-state index contributed by atoms with van der Waals surface area (Å²) in [5.41, 5.74) is 2.10. The second-order valence-electron chi connectivity index (χ2n) is 7.23. The van der Waals surface area contributed by atoms with Crippen LogP contribution in [0.2, 0.25) is 0 Å². The molecule has 10 heteroatoms. The molecule has 1 aromatic carbocycles. The fourth-order valence-corrected chi connectivity index (χ4v) is 5.77. The van der Waals surface area contributed by atoms with E-state index in [-0.39, 0.29) is 21.9 Å². The maximum absolute atomic E-state index is 13.0. The van der Waals surface area contributed by atoms with Crippen LogP contribution in [0.5, 0.6) is 0 Å². The Bertz CT molecular complexity index is 1150. The zero-order chi connectivity index (χ0) is 21.3. The van der Waals surface area contributed by atoms with Gasteiger partial charge in [-0.25, -0.2) is 8.42 Å². The molecule has 0 bridgehead atoms. The monoisotopic (exact) mass is 446 g/mol. The van der Waals surface area contributed by atoms with Gasteiger partial charge >= 0.3 is 11.8 Å². The van der Waals surface area contributed by atoms with Gasteiger partial charge in [-0.1, -0.05) is 17.7 Å². The van der Waals surface area contributed by atoms with E-state index < -0.39 is 10.0 Å². The highest BCUT2D eigenvalue weighted by Gasteiger charge is 2.27. The van der Waals surface area contributed by atoms with Crippen LogP contribution in [0.3, 0.4) is 0 Å². The quantitative estimate of drug-likeness (QED) is 0.595. The number of amides is 1. The number of hydrogen-bond acceptors (Lipinski definition) is 7. The number of nitrogens with zero attached hydrogens (tertiary/aromatic N) is 4. The van der Waals surface area contributed by atoms with E-state index in [9.17, 15) is 13.2 Å². The third kappa shape index (κ3) is 3.97. The Kier molecular flexibility index (Phi) is 5.61. The van der Waals surface area contributed by atoms with Gasteiger partial charge in [0.1, 0.15) is 4.21 Å². The summed E-state index contributed by atoms with van der Waals surface area (Å²) in [5, 5.41) is 9.45. The molecule has 1 amide bonds. The van der Waals surface area contributed by atoms with Crippen molar-refractivity contribution in [2.24, 2.45) is 0 Å². The first-order valence-electron chi connectivity index (χ1n) is 9.63. The van der Waals surface area contributed by atoms with E-state index in [1.54, 1.807) is 22.4 Å². The van der Waals surface area contributed by atoms with Gasteiger partial charge in [0.05, 0.1) is 11.3 Å². The highest BCUT2D eigenvalue weighted by Crippen LogP contribution is 2.31. The van der Waals surface area contributed by atoms with Crippen molar-refractivity contribution in [2.45, 2.75) is 30.4 Å². The summed E-state index contributed by atoms with van der Waals surface area (Å²) in [7, 11) is -2.22. The minimum atomic E-state index is -3.73. The second kappa shape index (κ2) is 8.19. The molecule has 3 aromatic rings. The average Bonchev–Trinajstić information content (AvgIpc) is 3.44. The highest BCUT2D eigenvalue weighted by atomic mass is 32.2. The molecule has 30 heavy (non-hydrogen) atoms. The van der Waals surface area contributed by atoms with Crippen molar-refractivity contribution in [1.82, 2.24) is 15.1 Å². The number of benzene rings is 1. The number of sulfonamides is 1. The third-order valence-electron chi connectivity index (χ3n) is 5.09. The van der Waals surface area contributed by atoms with Crippen molar-refractivity contribution in [2.75, 3.05) is 24.4 Å². The van der Waals surface area contributed by atoms with Crippen LogP contribution in [0.4, 0.5) is 5.69 Å². The van der Waals surface area contributed by atoms with Crippen LogP contribution >= 0.6 is 11.3 Å². The highest BCUT2D eigenvalue weighted by molar-refractivity contribution is 7.94. The maximum Gasteiger partial charge on any atom is 0.311 e. The summed E-state index contributed by atoms with van der Waals surface area (Å²) >= 11 is 1.07. The number of likely N-dealkylation sites (tertiary alicyclic amines) is 1. The first-order valence-corrected chi connectivity index (χ1v) is 12.0. The lowest BCUT2D eigenvalue weighted by molar-refractivity contribution is 0.0684. The zero-order valence-corrected chi connectivity index (χ0v) is 18.4. The number of anilines is 1. The first-order chi connectivity index (χ1) is 14.4. The van der Waals surface area contributed by atoms with Crippen LogP contribution in [0.1, 0.15) is 35.5 Å². The fourth-order valence-electron chi connectivity index (χ4n) is 3.25. The Morgan fingerprint density at radius 3 is 2.53 bits per heavy atom. The van der Waals surface area contributed by atoms with E-state index in [0.29, 0.717) is 24.3 Å². The van der Waals surface area contributed by atoms with Crippen molar-refractivity contribution < 1.29 is 17.6 Å². The van der Waals surface area contributed by atoms with Crippen molar-refractivity contribution in [3.05, 3.63) is 47.2 Å². The Morgan fingerprint density at radius 2 is 1.83 bits per heavy atom. The average molecular weight is 447 g/mol. The molecule has 1 aliphatic rings. The van der Waals surface area contributed by atoms with Gasteiger partial charge in [-0.15, -0.1) is 21.5 Å². The number of thiophene rings is 1. The van der Waals surface area contributed by atoms with Crippen molar-refractivity contribution in [3.63, 3.8) is 0 Å². The first kappa shape index (κ1) is 20.5. The molecule has 1 fully saturated rings. The molecule has 1 saturated heterocycles. The van der Waals surface area contributed by atoms with Gasteiger partial charge < -0.3 is 9.32 Å². The summed E-state index contributed by atoms with van der Waals surface area (Å²) in [5.74, 6) is -0.221. The molecular formula is C20H22N4O4S2. The predicted molar refractivity (Wildman–Crippen MR) is 114 cm³/mol. The zero-order valence-electron chi connectivity index (χ0n) is 16.7. The van der Waals surface area contributed by atoms with E-state index in [2.05, 4.69) is 10.2 Å².